The van der Waals surface area contributed by atoms with Crippen molar-refractivity contribution in [1.82, 2.24) is 10.6 Å². The van der Waals surface area contributed by atoms with Gasteiger partial charge in [-0.05, 0) is 35.1 Å². The Kier molecular flexibility index (Phi) is 7.17. The van der Waals surface area contributed by atoms with Gasteiger partial charge in [-0.1, -0.05) is 61.9 Å². The van der Waals surface area contributed by atoms with E-state index in [0.717, 1.165) is 28.7 Å². The standard InChI is InChI=1S/C26H30N2O6/c1-2-11-26(12-13-33-16-26)28-24(31)22(14-23(29)30)27-25(32)34-15-21-19-9-5-3-7-17(19)18-8-4-6-10-20(18)21/h3-10,21-22H,2,11-16H2,1H3,(H,27,32)(H,28,31)(H,29,30). The Morgan fingerprint density at radius 2 is 1.76 bits per heavy atom. The molecule has 8 nitrogen and oxygen atoms in total. The minimum Gasteiger partial charge on any atom is -0.481 e. The molecule has 1 fully saturated rings. The van der Waals surface area contributed by atoms with Gasteiger partial charge in [-0.25, -0.2) is 4.79 Å². The Hall–Kier alpha value is -3.39. The van der Waals surface area contributed by atoms with Crippen LogP contribution in [0.4, 0.5) is 4.79 Å². The number of benzene rings is 2. The number of ether oxygens (including phenoxy) is 2. The van der Waals surface area contributed by atoms with Gasteiger partial charge >= 0.3 is 12.1 Å². The molecule has 0 radical (unpaired) electrons. The van der Waals surface area contributed by atoms with Crippen molar-refractivity contribution in [2.24, 2.45) is 0 Å². The van der Waals surface area contributed by atoms with Crippen LogP contribution in [0.15, 0.2) is 48.5 Å². The normalized spacial score (nSPS) is 19.7. The van der Waals surface area contributed by atoms with Gasteiger partial charge in [0.25, 0.3) is 0 Å². The van der Waals surface area contributed by atoms with Gasteiger partial charge in [0.1, 0.15) is 12.6 Å². The molecule has 1 aliphatic carbocycles. The van der Waals surface area contributed by atoms with Crippen molar-refractivity contribution in [3.8, 4) is 11.1 Å². The summed E-state index contributed by atoms with van der Waals surface area (Å²) in [5.74, 6) is -1.87. The molecule has 1 aliphatic heterocycles. The molecule has 2 unspecified atom stereocenters. The highest BCUT2D eigenvalue weighted by atomic mass is 16.5. The van der Waals surface area contributed by atoms with Crippen LogP contribution in [0.3, 0.4) is 0 Å². The minimum atomic E-state index is -1.25. The van der Waals surface area contributed by atoms with Crippen LogP contribution < -0.4 is 10.6 Å². The summed E-state index contributed by atoms with van der Waals surface area (Å²) in [5, 5.41) is 14.7. The highest BCUT2D eigenvalue weighted by Crippen LogP contribution is 2.44. The maximum Gasteiger partial charge on any atom is 0.407 e. The number of carbonyl (C=O) groups is 3. The van der Waals surface area contributed by atoms with Gasteiger partial charge in [-0.15, -0.1) is 0 Å². The average Bonchev–Trinajstić information content (AvgIpc) is 3.40. The van der Waals surface area contributed by atoms with Gasteiger partial charge in [-0.3, -0.25) is 9.59 Å². The number of fused-ring (bicyclic) bond motifs is 3. The molecule has 8 heteroatoms. The Labute approximate surface area is 198 Å². The zero-order valence-electron chi connectivity index (χ0n) is 19.2. The molecule has 2 aromatic rings. The number of carboxylic acid groups (broad SMARTS) is 1. The van der Waals surface area contributed by atoms with E-state index in [4.69, 9.17) is 9.47 Å². The number of hydrogen-bond acceptors (Lipinski definition) is 5. The third kappa shape index (κ3) is 5.07. The van der Waals surface area contributed by atoms with Crippen LogP contribution >= 0.6 is 0 Å². The molecule has 2 atom stereocenters. The van der Waals surface area contributed by atoms with Gasteiger partial charge in [-0.2, -0.15) is 0 Å². The van der Waals surface area contributed by atoms with Crippen LogP contribution in [-0.2, 0) is 19.1 Å². The summed E-state index contributed by atoms with van der Waals surface area (Å²) >= 11 is 0. The Morgan fingerprint density at radius 3 is 2.32 bits per heavy atom. The van der Waals surface area contributed by atoms with Crippen LogP contribution in [0.25, 0.3) is 11.1 Å². The lowest BCUT2D eigenvalue weighted by Crippen LogP contribution is -2.56. The van der Waals surface area contributed by atoms with Gasteiger partial charge < -0.3 is 25.2 Å². The number of alkyl carbamates (subject to hydrolysis) is 1. The quantitative estimate of drug-likeness (QED) is 0.522. The first-order chi connectivity index (χ1) is 16.4. The first kappa shape index (κ1) is 23.8. The number of nitrogens with one attached hydrogen (secondary N) is 2. The van der Waals surface area contributed by atoms with Crippen LogP contribution in [0.1, 0.15) is 49.7 Å². The van der Waals surface area contributed by atoms with Crippen molar-refractivity contribution < 1.29 is 29.0 Å². The third-order valence-electron chi connectivity index (χ3n) is 6.55. The van der Waals surface area contributed by atoms with Crippen molar-refractivity contribution in [2.45, 2.75) is 50.1 Å². The fraction of sp³-hybridized carbons (Fsp3) is 0.423. The maximum absolute atomic E-state index is 12.9. The van der Waals surface area contributed by atoms with Crippen LogP contribution in [0.5, 0.6) is 0 Å². The number of amides is 2. The number of aliphatic carboxylic acids is 1. The van der Waals surface area contributed by atoms with E-state index in [1.807, 2.05) is 55.5 Å². The van der Waals surface area contributed by atoms with E-state index in [9.17, 15) is 19.5 Å². The SMILES string of the molecule is CCCC1(NC(=O)C(CC(=O)O)NC(=O)OCC2c3ccccc3-c3ccccc32)CCOC1. The number of hydrogen-bond donors (Lipinski definition) is 3. The topological polar surface area (TPSA) is 114 Å². The fourth-order valence-corrected chi connectivity index (χ4v) is 4.96. The van der Waals surface area contributed by atoms with E-state index in [1.54, 1.807) is 0 Å². The zero-order valence-corrected chi connectivity index (χ0v) is 19.2. The van der Waals surface area contributed by atoms with Crippen molar-refractivity contribution in [3.05, 3.63) is 59.7 Å². The van der Waals surface area contributed by atoms with Gasteiger partial charge in [0.15, 0.2) is 0 Å². The summed E-state index contributed by atoms with van der Waals surface area (Å²) in [6.07, 6.45) is 0.836. The number of rotatable bonds is 9. The van der Waals surface area contributed by atoms with Gasteiger partial charge in [0, 0.05) is 12.5 Å². The monoisotopic (exact) mass is 466 g/mol. The van der Waals surface area contributed by atoms with E-state index >= 15 is 0 Å². The lowest BCUT2D eigenvalue weighted by Gasteiger charge is -2.30. The molecule has 1 heterocycles. The molecule has 0 bridgehead atoms. The fourth-order valence-electron chi connectivity index (χ4n) is 4.96. The van der Waals surface area contributed by atoms with E-state index in [2.05, 4.69) is 10.6 Å². The second-order valence-corrected chi connectivity index (χ2v) is 8.94. The van der Waals surface area contributed by atoms with E-state index in [-0.39, 0.29) is 12.5 Å². The number of carbonyl (C=O) groups excluding carboxylic acids is 2. The lowest BCUT2D eigenvalue weighted by atomic mass is 9.92. The van der Waals surface area contributed by atoms with Gasteiger partial charge in [0.05, 0.1) is 18.6 Å². The molecular weight excluding hydrogens is 436 g/mol. The molecule has 0 saturated carbocycles. The van der Waals surface area contributed by atoms with Crippen LogP contribution in [-0.4, -0.2) is 54.5 Å². The average molecular weight is 467 g/mol. The molecule has 180 valence electrons. The van der Waals surface area contributed by atoms with Crippen LogP contribution in [0.2, 0.25) is 0 Å². The predicted molar refractivity (Wildman–Crippen MR) is 125 cm³/mol. The smallest absolute Gasteiger partial charge is 0.407 e. The molecule has 34 heavy (non-hydrogen) atoms. The summed E-state index contributed by atoms with van der Waals surface area (Å²) in [4.78, 5) is 37.0. The molecular formula is C26H30N2O6. The van der Waals surface area contributed by atoms with Crippen molar-refractivity contribution in [2.75, 3.05) is 19.8 Å². The molecule has 4 rings (SSSR count). The first-order valence-corrected chi connectivity index (χ1v) is 11.7. The van der Waals surface area contributed by atoms with Crippen molar-refractivity contribution >= 4 is 18.0 Å². The molecule has 2 aromatic carbocycles. The largest absolute Gasteiger partial charge is 0.481 e. The summed E-state index contributed by atoms with van der Waals surface area (Å²) in [6.45, 7) is 2.99. The summed E-state index contributed by atoms with van der Waals surface area (Å²) in [7, 11) is 0. The predicted octanol–water partition coefficient (Wildman–Crippen LogP) is 3.44. The zero-order chi connectivity index (χ0) is 24.1. The molecule has 0 aromatic heterocycles. The second kappa shape index (κ2) is 10.3. The van der Waals surface area contributed by atoms with Crippen molar-refractivity contribution in [3.63, 3.8) is 0 Å². The summed E-state index contributed by atoms with van der Waals surface area (Å²) < 4.78 is 11.0. The van der Waals surface area contributed by atoms with E-state index in [0.29, 0.717) is 26.1 Å². The van der Waals surface area contributed by atoms with Crippen molar-refractivity contribution in [1.29, 1.82) is 0 Å². The summed E-state index contributed by atoms with van der Waals surface area (Å²) in [6, 6.07) is 14.7. The second-order valence-electron chi connectivity index (χ2n) is 8.94. The Bertz CT molecular complexity index is 1020. The first-order valence-electron chi connectivity index (χ1n) is 11.7. The van der Waals surface area contributed by atoms with E-state index in [1.165, 1.54) is 0 Å². The highest BCUT2D eigenvalue weighted by molar-refractivity contribution is 5.89. The Balaban J connectivity index is 1.42. The molecule has 0 spiro atoms. The van der Waals surface area contributed by atoms with Crippen LogP contribution in [0, 0.1) is 0 Å². The highest BCUT2D eigenvalue weighted by Gasteiger charge is 2.38. The minimum absolute atomic E-state index is 0.0783. The molecule has 1 saturated heterocycles. The maximum atomic E-state index is 12.9. The van der Waals surface area contributed by atoms with E-state index < -0.39 is 36.0 Å². The molecule has 2 amide bonds. The van der Waals surface area contributed by atoms with Gasteiger partial charge in [0.2, 0.25) is 5.91 Å². The third-order valence-corrected chi connectivity index (χ3v) is 6.55. The molecule has 2 aliphatic rings. The Morgan fingerprint density at radius 1 is 1.12 bits per heavy atom. The molecule has 3 N–H and O–H groups in total. The number of carboxylic acids is 1. The lowest BCUT2D eigenvalue weighted by molar-refractivity contribution is -0.140. The summed E-state index contributed by atoms with van der Waals surface area (Å²) in [5.41, 5.74) is 3.81.